The molecule has 4 rings (SSSR count). The number of ether oxygens (including phenoxy) is 1. The van der Waals surface area contributed by atoms with E-state index in [1.54, 1.807) is 17.0 Å². The normalized spacial score (nSPS) is 14.2. The first-order valence-corrected chi connectivity index (χ1v) is 11.3. The Morgan fingerprint density at radius 1 is 1.13 bits per heavy atom. The van der Waals surface area contributed by atoms with Crippen molar-refractivity contribution in [2.24, 2.45) is 0 Å². The Bertz CT molecular complexity index is 1310. The van der Waals surface area contributed by atoms with E-state index < -0.39 is 21.5 Å². The number of hydrogen-bond acceptors (Lipinski definition) is 6. The van der Waals surface area contributed by atoms with Crippen molar-refractivity contribution in [1.29, 1.82) is 5.26 Å². The summed E-state index contributed by atoms with van der Waals surface area (Å²) in [5.74, 6) is 0.753. The summed E-state index contributed by atoms with van der Waals surface area (Å²) >= 11 is 0. The molecule has 0 saturated carbocycles. The van der Waals surface area contributed by atoms with E-state index in [2.05, 4.69) is 0 Å². The lowest BCUT2D eigenvalue weighted by atomic mass is 10.1. The van der Waals surface area contributed by atoms with Gasteiger partial charge in [0.25, 0.3) is 0 Å². The van der Waals surface area contributed by atoms with E-state index in [0.29, 0.717) is 29.5 Å². The monoisotopic (exact) mass is 438 g/mol. The van der Waals surface area contributed by atoms with Crippen LogP contribution in [0.15, 0.2) is 56.7 Å². The molecule has 0 radical (unpaired) electrons. The molecule has 0 atom stereocenters. The highest BCUT2D eigenvalue weighted by Crippen LogP contribution is 2.34. The number of benzene rings is 2. The molecule has 0 bridgehead atoms. The number of amides is 1. The molecule has 0 N–H and O–H groups in total. The summed E-state index contributed by atoms with van der Waals surface area (Å²) in [5, 5.41) is 9.60. The summed E-state index contributed by atoms with van der Waals surface area (Å²) in [5.41, 5.74) is 1.16. The molecule has 2 heterocycles. The second kappa shape index (κ2) is 7.43. The van der Waals surface area contributed by atoms with Crippen molar-refractivity contribution in [1.82, 2.24) is 4.90 Å². The highest BCUT2D eigenvalue weighted by Gasteiger charge is 2.29. The largest absolute Gasteiger partial charge is 0.461 e. The molecular weight excluding hydrogens is 416 g/mol. The van der Waals surface area contributed by atoms with Gasteiger partial charge in [0.05, 0.1) is 28.0 Å². The van der Waals surface area contributed by atoms with Crippen LogP contribution < -0.4 is 0 Å². The Morgan fingerprint density at radius 2 is 1.81 bits per heavy atom. The van der Waals surface area contributed by atoms with Gasteiger partial charge in [-0.25, -0.2) is 13.2 Å². The summed E-state index contributed by atoms with van der Waals surface area (Å²) in [6.45, 7) is 6.20. The fraction of sp³-hybridized carbons (Fsp3) is 0.304. The number of nitrogens with zero attached hydrogens (tertiary/aromatic N) is 2. The number of rotatable bonds is 2. The molecule has 0 saturated heterocycles. The molecule has 0 fully saturated rings. The zero-order chi connectivity index (χ0) is 22.4. The van der Waals surface area contributed by atoms with Crippen molar-refractivity contribution >= 4 is 26.9 Å². The number of nitriles is 1. The van der Waals surface area contributed by atoms with Crippen LogP contribution in [0.25, 0.3) is 11.0 Å². The quantitative estimate of drug-likeness (QED) is 0.587. The van der Waals surface area contributed by atoms with E-state index in [4.69, 9.17) is 14.4 Å². The Hall–Kier alpha value is -3.31. The molecule has 1 amide bonds. The van der Waals surface area contributed by atoms with E-state index in [9.17, 15) is 13.2 Å². The minimum absolute atomic E-state index is 0.110. The highest BCUT2D eigenvalue weighted by atomic mass is 32.2. The topological polar surface area (TPSA) is 101 Å². The maximum Gasteiger partial charge on any atom is 0.410 e. The van der Waals surface area contributed by atoms with E-state index in [1.165, 1.54) is 30.3 Å². The number of carbonyl (C=O) groups excluding carboxylic acids is 1. The van der Waals surface area contributed by atoms with Crippen molar-refractivity contribution in [2.45, 2.75) is 49.1 Å². The van der Waals surface area contributed by atoms with Crippen molar-refractivity contribution in [3.8, 4) is 6.07 Å². The third-order valence-corrected chi connectivity index (χ3v) is 6.83. The number of sulfone groups is 1. The second-order valence-corrected chi connectivity index (χ2v) is 10.4. The molecule has 0 spiro atoms. The van der Waals surface area contributed by atoms with Crippen LogP contribution in [0.4, 0.5) is 4.79 Å². The van der Waals surface area contributed by atoms with E-state index in [1.807, 2.05) is 26.8 Å². The molecule has 7 nitrogen and oxygen atoms in total. The fourth-order valence-electron chi connectivity index (χ4n) is 3.55. The van der Waals surface area contributed by atoms with Gasteiger partial charge in [0.2, 0.25) is 9.84 Å². The third kappa shape index (κ3) is 4.01. The van der Waals surface area contributed by atoms with Gasteiger partial charge in [0.15, 0.2) is 0 Å². The van der Waals surface area contributed by atoms with Crippen LogP contribution in [0.5, 0.6) is 0 Å². The maximum absolute atomic E-state index is 13.1. The zero-order valence-electron chi connectivity index (χ0n) is 17.5. The van der Waals surface area contributed by atoms with E-state index in [-0.39, 0.29) is 16.3 Å². The van der Waals surface area contributed by atoms with Gasteiger partial charge in [0, 0.05) is 23.9 Å². The van der Waals surface area contributed by atoms with E-state index >= 15 is 0 Å². The van der Waals surface area contributed by atoms with Gasteiger partial charge < -0.3 is 14.1 Å². The molecule has 160 valence electrons. The molecule has 1 aliphatic heterocycles. The predicted octanol–water partition coefficient (Wildman–Crippen LogP) is 4.43. The van der Waals surface area contributed by atoms with Crippen LogP contribution in [0, 0.1) is 11.3 Å². The van der Waals surface area contributed by atoms with Gasteiger partial charge in [-0.1, -0.05) is 0 Å². The molecule has 0 unspecified atom stereocenters. The molecule has 3 aromatic rings. The first kappa shape index (κ1) is 20.9. The Morgan fingerprint density at radius 3 is 2.45 bits per heavy atom. The first-order valence-electron chi connectivity index (χ1n) is 9.86. The van der Waals surface area contributed by atoms with Gasteiger partial charge in [-0.15, -0.1) is 0 Å². The maximum atomic E-state index is 13.1. The average Bonchev–Trinajstić information content (AvgIpc) is 3.09. The van der Waals surface area contributed by atoms with Crippen LogP contribution >= 0.6 is 0 Å². The van der Waals surface area contributed by atoms with Crippen molar-refractivity contribution in [3.05, 3.63) is 59.4 Å². The molecule has 0 aliphatic carbocycles. The summed E-state index contributed by atoms with van der Waals surface area (Å²) in [6, 6.07) is 12.5. The van der Waals surface area contributed by atoms with E-state index in [0.717, 1.165) is 11.3 Å². The molecule has 1 aliphatic rings. The van der Waals surface area contributed by atoms with Gasteiger partial charge in [-0.2, -0.15) is 5.26 Å². The summed E-state index contributed by atoms with van der Waals surface area (Å²) in [7, 11) is -3.77. The Balaban J connectivity index is 1.70. The Kier molecular flexibility index (Phi) is 5.02. The van der Waals surface area contributed by atoms with Crippen molar-refractivity contribution < 1.29 is 22.4 Å². The molecule has 2 aromatic carbocycles. The highest BCUT2D eigenvalue weighted by molar-refractivity contribution is 7.91. The lowest BCUT2D eigenvalue weighted by Gasteiger charge is -2.29. The number of furan rings is 1. The average molecular weight is 439 g/mol. The molecule has 31 heavy (non-hydrogen) atoms. The molecule has 1 aromatic heterocycles. The van der Waals surface area contributed by atoms with Crippen LogP contribution in [0.1, 0.15) is 37.7 Å². The van der Waals surface area contributed by atoms with Crippen LogP contribution in [-0.2, 0) is 27.5 Å². The van der Waals surface area contributed by atoms with Crippen molar-refractivity contribution in [2.75, 3.05) is 6.54 Å². The summed E-state index contributed by atoms with van der Waals surface area (Å²) in [4.78, 5) is 14.3. The SMILES string of the molecule is CC(C)(C)OC(=O)N1CCc2oc3ccc(S(=O)(=O)c4ccc(C#N)cc4)cc3c2C1. The van der Waals surface area contributed by atoms with Gasteiger partial charge >= 0.3 is 6.09 Å². The second-order valence-electron chi connectivity index (χ2n) is 8.45. The van der Waals surface area contributed by atoms with Crippen LogP contribution in [-0.4, -0.2) is 31.6 Å². The molecular formula is C23H22N2O5S. The number of fused-ring (bicyclic) bond motifs is 3. The zero-order valence-corrected chi connectivity index (χ0v) is 18.3. The van der Waals surface area contributed by atoms with Gasteiger partial charge in [-0.05, 0) is 63.2 Å². The van der Waals surface area contributed by atoms with Crippen LogP contribution in [0.2, 0.25) is 0 Å². The number of hydrogen-bond donors (Lipinski definition) is 0. The third-order valence-electron chi connectivity index (χ3n) is 5.06. The van der Waals surface area contributed by atoms with Gasteiger partial charge in [0.1, 0.15) is 16.9 Å². The fourth-order valence-corrected chi connectivity index (χ4v) is 4.84. The first-order chi connectivity index (χ1) is 14.6. The van der Waals surface area contributed by atoms with Gasteiger partial charge in [-0.3, -0.25) is 0 Å². The lowest BCUT2D eigenvalue weighted by molar-refractivity contribution is 0.0220. The standard InChI is InChI=1S/C23H22N2O5S/c1-23(2,3)30-22(26)25-11-10-21-19(14-25)18-12-17(8-9-20(18)29-21)31(27,28)16-6-4-15(13-24)5-7-16/h4-9,12H,10-11,14H2,1-3H3. The minimum atomic E-state index is -3.77. The van der Waals surface area contributed by atoms with Crippen molar-refractivity contribution in [3.63, 3.8) is 0 Å². The molecule has 8 heteroatoms. The lowest BCUT2D eigenvalue weighted by Crippen LogP contribution is -2.39. The smallest absolute Gasteiger partial charge is 0.410 e. The summed E-state index contributed by atoms with van der Waals surface area (Å²) < 4.78 is 37.6. The Labute approximate surface area is 180 Å². The number of carbonyl (C=O) groups is 1. The summed E-state index contributed by atoms with van der Waals surface area (Å²) in [6.07, 6.45) is 0.120. The predicted molar refractivity (Wildman–Crippen MR) is 113 cm³/mol. The van der Waals surface area contributed by atoms with Crippen LogP contribution in [0.3, 0.4) is 0 Å². The minimum Gasteiger partial charge on any atom is -0.461 e.